The molecule has 25 heavy (non-hydrogen) atoms. The second-order valence-corrected chi connectivity index (χ2v) is 5.09. The Morgan fingerprint density at radius 3 is 2.72 bits per heavy atom. The minimum absolute atomic E-state index is 0.134. The Hall–Kier alpha value is -2.95. The number of aliphatic hydroxyl groups is 1. The first-order chi connectivity index (χ1) is 12.0. The molecule has 2 aromatic carbocycles. The van der Waals surface area contributed by atoms with Crippen molar-refractivity contribution in [2.45, 2.75) is 6.92 Å². The molecule has 0 aromatic heterocycles. The van der Waals surface area contributed by atoms with Crippen molar-refractivity contribution < 1.29 is 23.5 Å². The summed E-state index contributed by atoms with van der Waals surface area (Å²) < 4.78 is 27.9. The zero-order valence-corrected chi connectivity index (χ0v) is 13.4. The summed E-state index contributed by atoms with van der Waals surface area (Å²) in [6.07, 6.45) is 5.32. The Balaban J connectivity index is 2.37. The van der Waals surface area contributed by atoms with Crippen LogP contribution in [0.2, 0.25) is 0 Å². The van der Waals surface area contributed by atoms with E-state index in [1.165, 1.54) is 0 Å². The number of benzene rings is 2. The molecule has 0 saturated carbocycles. The molecule has 0 atom stereocenters. The molecule has 5 nitrogen and oxygen atoms in total. The van der Waals surface area contributed by atoms with Crippen LogP contribution in [-0.2, 0) is 4.84 Å². The van der Waals surface area contributed by atoms with E-state index in [9.17, 15) is 13.6 Å². The molecule has 7 heteroatoms. The molecule has 0 aliphatic rings. The number of hydrogen-bond acceptors (Lipinski definition) is 4. The topological polar surface area (TPSA) is 70.6 Å². The molecule has 0 saturated heterocycles. The van der Waals surface area contributed by atoms with Crippen LogP contribution in [0.4, 0.5) is 20.2 Å². The first kappa shape index (κ1) is 18.4. The van der Waals surface area contributed by atoms with E-state index in [2.05, 4.69) is 16.7 Å². The third kappa shape index (κ3) is 4.32. The molecule has 2 aromatic rings. The minimum atomic E-state index is -1.20. The summed E-state index contributed by atoms with van der Waals surface area (Å²) in [7, 11) is 0. The third-order valence-corrected chi connectivity index (χ3v) is 3.35. The quantitative estimate of drug-likeness (QED) is 0.427. The smallest absolute Gasteiger partial charge is 0.277 e. The second kappa shape index (κ2) is 8.24. The summed E-state index contributed by atoms with van der Waals surface area (Å²) in [5.41, 5.74) is 3.36. The fourth-order valence-electron chi connectivity index (χ4n) is 2.11. The van der Waals surface area contributed by atoms with Crippen molar-refractivity contribution in [3.05, 3.63) is 58.7 Å². The van der Waals surface area contributed by atoms with Gasteiger partial charge in [0.05, 0.1) is 24.5 Å². The lowest BCUT2D eigenvalue weighted by Gasteiger charge is -2.15. The lowest BCUT2D eigenvalue weighted by atomic mass is 10.1. The van der Waals surface area contributed by atoms with Gasteiger partial charge in [-0.25, -0.2) is 14.3 Å². The Morgan fingerprint density at radius 1 is 1.32 bits per heavy atom. The fourth-order valence-corrected chi connectivity index (χ4v) is 2.11. The average molecular weight is 346 g/mol. The molecule has 0 bridgehead atoms. The highest BCUT2D eigenvalue weighted by molar-refractivity contribution is 6.00. The van der Waals surface area contributed by atoms with Crippen LogP contribution in [-0.4, -0.2) is 24.2 Å². The molecule has 0 unspecified atom stereocenters. The number of carbonyl (C=O) groups is 1. The largest absolute Gasteiger partial charge is 0.394 e. The van der Waals surface area contributed by atoms with Crippen LogP contribution < -0.4 is 10.8 Å². The van der Waals surface area contributed by atoms with Gasteiger partial charge in [0.25, 0.3) is 5.91 Å². The number of nitrogens with one attached hydrogen (secondary N) is 2. The molecule has 0 spiro atoms. The zero-order valence-electron chi connectivity index (χ0n) is 13.4. The molecular weight excluding hydrogens is 330 g/mol. The third-order valence-electron chi connectivity index (χ3n) is 3.35. The van der Waals surface area contributed by atoms with Gasteiger partial charge in [-0.15, -0.1) is 6.42 Å². The van der Waals surface area contributed by atoms with Gasteiger partial charge in [-0.2, -0.15) is 0 Å². The molecule has 0 aliphatic heterocycles. The number of aliphatic hydroxyl groups excluding tert-OH is 1. The summed E-state index contributed by atoms with van der Waals surface area (Å²) in [6, 6.07) is 6.92. The number of carbonyl (C=O) groups excluding carboxylic acids is 1. The lowest BCUT2D eigenvalue weighted by Crippen LogP contribution is -2.26. The Labute approximate surface area is 143 Å². The van der Waals surface area contributed by atoms with Gasteiger partial charge in [-0.3, -0.25) is 9.63 Å². The van der Waals surface area contributed by atoms with Crippen molar-refractivity contribution in [2.75, 3.05) is 18.5 Å². The van der Waals surface area contributed by atoms with Crippen molar-refractivity contribution in [2.24, 2.45) is 0 Å². The van der Waals surface area contributed by atoms with Gasteiger partial charge in [0.2, 0.25) is 0 Å². The number of terminal acetylenes is 1. The van der Waals surface area contributed by atoms with Crippen LogP contribution in [0.25, 0.3) is 0 Å². The maximum Gasteiger partial charge on any atom is 0.277 e. The van der Waals surface area contributed by atoms with Gasteiger partial charge >= 0.3 is 0 Å². The lowest BCUT2D eigenvalue weighted by molar-refractivity contribution is 0.0168. The van der Waals surface area contributed by atoms with Gasteiger partial charge in [-0.1, -0.05) is 5.92 Å². The second-order valence-electron chi connectivity index (χ2n) is 5.09. The van der Waals surface area contributed by atoms with E-state index in [0.29, 0.717) is 16.8 Å². The van der Waals surface area contributed by atoms with E-state index in [0.717, 1.165) is 12.1 Å². The summed E-state index contributed by atoms with van der Waals surface area (Å²) in [6.45, 7) is 1.30. The van der Waals surface area contributed by atoms with Crippen molar-refractivity contribution >= 4 is 17.3 Å². The van der Waals surface area contributed by atoms with Crippen LogP contribution in [0, 0.1) is 30.9 Å². The fraction of sp³-hybridized carbons (Fsp3) is 0.167. The molecule has 3 N–H and O–H groups in total. The number of rotatable bonds is 6. The molecule has 0 fully saturated rings. The molecule has 1 amide bonds. The first-order valence-electron chi connectivity index (χ1n) is 7.33. The first-order valence-corrected chi connectivity index (χ1v) is 7.33. The number of hydrogen-bond donors (Lipinski definition) is 3. The summed E-state index contributed by atoms with van der Waals surface area (Å²) >= 11 is 0. The van der Waals surface area contributed by atoms with Gasteiger partial charge in [0, 0.05) is 11.3 Å². The van der Waals surface area contributed by atoms with Crippen molar-refractivity contribution in [3.63, 3.8) is 0 Å². The summed E-state index contributed by atoms with van der Waals surface area (Å²) in [5, 5.41) is 11.4. The molecule has 0 radical (unpaired) electrons. The van der Waals surface area contributed by atoms with Gasteiger partial charge in [0.1, 0.15) is 0 Å². The van der Waals surface area contributed by atoms with E-state index in [-0.39, 0.29) is 24.5 Å². The Morgan fingerprint density at radius 2 is 2.08 bits per heavy atom. The summed E-state index contributed by atoms with van der Waals surface area (Å²) in [4.78, 5) is 16.8. The van der Waals surface area contributed by atoms with Crippen LogP contribution in [0.15, 0.2) is 30.3 Å². The van der Waals surface area contributed by atoms with E-state index in [4.69, 9.17) is 16.4 Å². The van der Waals surface area contributed by atoms with Gasteiger partial charge in [-0.05, 0) is 42.8 Å². The standard InChI is InChI=1S/C18H16F2N2O3/c1-3-12-4-7-15(11(2)10-12)21-17-13(5-6-14(19)16(17)20)18(24)22-25-9-8-23/h1,4-7,10,21,23H,8-9H2,2H3,(H,22,24). The van der Waals surface area contributed by atoms with Crippen LogP contribution in [0.1, 0.15) is 21.5 Å². The van der Waals surface area contributed by atoms with Crippen LogP contribution in [0.3, 0.4) is 0 Å². The number of anilines is 2. The Bertz CT molecular complexity index is 832. The molecular formula is C18H16F2N2O3. The molecule has 0 aliphatic carbocycles. The zero-order chi connectivity index (χ0) is 18.4. The average Bonchev–Trinajstić information content (AvgIpc) is 2.60. The molecule has 130 valence electrons. The number of aryl methyl sites for hydroxylation is 1. The maximum atomic E-state index is 14.2. The minimum Gasteiger partial charge on any atom is -0.394 e. The van der Waals surface area contributed by atoms with Crippen LogP contribution >= 0.6 is 0 Å². The predicted octanol–water partition coefficient (Wildman–Crippen LogP) is 2.65. The highest BCUT2D eigenvalue weighted by Gasteiger charge is 2.19. The highest BCUT2D eigenvalue weighted by Crippen LogP contribution is 2.28. The van der Waals surface area contributed by atoms with E-state index >= 15 is 0 Å². The summed E-state index contributed by atoms with van der Waals surface area (Å²) in [5.74, 6) is -0.612. The van der Waals surface area contributed by atoms with Crippen molar-refractivity contribution in [1.82, 2.24) is 5.48 Å². The van der Waals surface area contributed by atoms with Crippen molar-refractivity contribution in [3.8, 4) is 12.3 Å². The van der Waals surface area contributed by atoms with Crippen LogP contribution in [0.5, 0.6) is 0 Å². The monoisotopic (exact) mass is 346 g/mol. The van der Waals surface area contributed by atoms with Gasteiger partial charge < -0.3 is 10.4 Å². The number of amides is 1. The van der Waals surface area contributed by atoms with E-state index in [1.54, 1.807) is 25.1 Å². The molecule has 2 rings (SSSR count). The maximum absolute atomic E-state index is 14.2. The predicted molar refractivity (Wildman–Crippen MR) is 89.3 cm³/mol. The van der Waals surface area contributed by atoms with Gasteiger partial charge in [0.15, 0.2) is 11.6 Å². The number of hydroxylamine groups is 1. The van der Waals surface area contributed by atoms with E-state index in [1.807, 2.05) is 0 Å². The Kier molecular flexibility index (Phi) is 6.06. The van der Waals surface area contributed by atoms with Crippen molar-refractivity contribution in [1.29, 1.82) is 0 Å². The normalized spacial score (nSPS) is 10.2. The highest BCUT2D eigenvalue weighted by atomic mass is 19.2. The van der Waals surface area contributed by atoms with E-state index < -0.39 is 17.5 Å². The SMILES string of the molecule is C#Cc1ccc(Nc2c(C(=O)NOCCO)ccc(F)c2F)c(C)c1. The molecule has 0 heterocycles. The number of halogens is 2.